The van der Waals surface area contributed by atoms with Gasteiger partial charge in [-0.15, -0.1) is 0 Å². The topological polar surface area (TPSA) is 37.3 Å². The number of aliphatic carboxylic acids is 1. The van der Waals surface area contributed by atoms with Gasteiger partial charge in [0.1, 0.15) is 5.82 Å². The van der Waals surface area contributed by atoms with E-state index in [1.807, 2.05) is 6.07 Å². The molecule has 0 fully saturated rings. The number of carboxylic acids is 1. The molecular weight excluding hydrogens is 231 g/mol. The van der Waals surface area contributed by atoms with E-state index in [0.717, 1.165) is 11.1 Å². The van der Waals surface area contributed by atoms with E-state index >= 15 is 0 Å². The van der Waals surface area contributed by atoms with Crippen molar-refractivity contribution in [2.75, 3.05) is 0 Å². The molecule has 0 bridgehead atoms. The van der Waals surface area contributed by atoms with Crippen molar-refractivity contribution in [2.45, 2.75) is 12.8 Å². The highest BCUT2D eigenvalue weighted by Gasteiger charge is 2.13. The van der Waals surface area contributed by atoms with Crippen molar-refractivity contribution < 1.29 is 14.3 Å². The van der Waals surface area contributed by atoms with Crippen LogP contribution in [0.4, 0.5) is 4.39 Å². The molecule has 1 unspecified atom stereocenters. The maximum atomic E-state index is 13.1. The van der Waals surface area contributed by atoms with Gasteiger partial charge in [0.25, 0.3) is 0 Å². The first-order valence-electron chi connectivity index (χ1n) is 5.66. The average molecular weight is 244 g/mol. The summed E-state index contributed by atoms with van der Waals surface area (Å²) < 4.78 is 13.1. The smallest absolute Gasteiger partial charge is 0.310 e. The van der Waals surface area contributed by atoms with E-state index in [1.165, 1.54) is 12.1 Å². The Morgan fingerprint density at radius 2 is 1.72 bits per heavy atom. The van der Waals surface area contributed by atoms with Crippen LogP contribution in [0.5, 0.6) is 0 Å². The first-order chi connectivity index (χ1) is 8.58. The molecule has 2 nitrogen and oxygen atoms in total. The van der Waals surface area contributed by atoms with Crippen molar-refractivity contribution in [3.05, 3.63) is 59.9 Å². The van der Waals surface area contributed by atoms with Crippen molar-refractivity contribution >= 4 is 5.97 Å². The van der Waals surface area contributed by atoms with Gasteiger partial charge in [0, 0.05) is 0 Å². The van der Waals surface area contributed by atoms with Gasteiger partial charge in [-0.3, -0.25) is 4.79 Å². The van der Waals surface area contributed by atoms with Crippen molar-refractivity contribution in [3.63, 3.8) is 0 Å². The van der Waals surface area contributed by atoms with Gasteiger partial charge in [-0.1, -0.05) is 36.4 Å². The lowest BCUT2D eigenvalue weighted by Gasteiger charge is -2.09. The van der Waals surface area contributed by atoms with Gasteiger partial charge < -0.3 is 5.11 Å². The standard InChI is InChI=1S/C15H13FO2/c1-10(15(17)18)11-4-2-5-12(8-11)13-6-3-7-14(16)9-13/h2-10H,1H3,(H,17,18). The number of benzene rings is 2. The zero-order valence-corrected chi connectivity index (χ0v) is 9.93. The Bertz CT molecular complexity index is 578. The van der Waals surface area contributed by atoms with Crippen LogP contribution in [0.25, 0.3) is 11.1 Å². The predicted molar refractivity (Wildman–Crippen MR) is 67.9 cm³/mol. The summed E-state index contributed by atoms with van der Waals surface area (Å²) in [5, 5.41) is 8.98. The summed E-state index contributed by atoms with van der Waals surface area (Å²) >= 11 is 0. The Morgan fingerprint density at radius 3 is 2.33 bits per heavy atom. The van der Waals surface area contributed by atoms with Gasteiger partial charge in [0.05, 0.1) is 5.92 Å². The molecule has 3 heteroatoms. The van der Waals surface area contributed by atoms with E-state index in [0.29, 0.717) is 5.56 Å². The van der Waals surface area contributed by atoms with E-state index in [4.69, 9.17) is 5.11 Å². The molecule has 2 aromatic rings. The van der Waals surface area contributed by atoms with E-state index in [2.05, 4.69) is 0 Å². The molecule has 1 N–H and O–H groups in total. The maximum absolute atomic E-state index is 13.1. The van der Waals surface area contributed by atoms with Crippen LogP contribution in [0.1, 0.15) is 18.4 Å². The second kappa shape index (κ2) is 5.00. The molecule has 92 valence electrons. The van der Waals surface area contributed by atoms with E-state index in [1.54, 1.807) is 37.3 Å². The van der Waals surface area contributed by atoms with Crippen LogP contribution in [-0.2, 0) is 4.79 Å². The summed E-state index contributed by atoms with van der Waals surface area (Å²) in [7, 11) is 0. The third-order valence-electron chi connectivity index (χ3n) is 2.92. The molecule has 0 radical (unpaired) electrons. The molecule has 0 aliphatic carbocycles. The fraction of sp³-hybridized carbons (Fsp3) is 0.133. The number of rotatable bonds is 3. The van der Waals surface area contributed by atoms with Gasteiger partial charge in [-0.2, -0.15) is 0 Å². The minimum atomic E-state index is -0.869. The molecule has 2 rings (SSSR count). The van der Waals surface area contributed by atoms with Crippen LogP contribution in [0.3, 0.4) is 0 Å². The van der Waals surface area contributed by atoms with E-state index in [-0.39, 0.29) is 5.82 Å². The molecule has 0 aliphatic heterocycles. The van der Waals surface area contributed by atoms with Crippen molar-refractivity contribution in [1.29, 1.82) is 0 Å². The van der Waals surface area contributed by atoms with Crippen LogP contribution in [-0.4, -0.2) is 11.1 Å². The number of hydrogen-bond donors (Lipinski definition) is 1. The highest BCUT2D eigenvalue weighted by molar-refractivity contribution is 5.76. The van der Waals surface area contributed by atoms with Gasteiger partial charge in [-0.25, -0.2) is 4.39 Å². The molecule has 0 saturated heterocycles. The minimum absolute atomic E-state index is 0.302. The van der Waals surface area contributed by atoms with Gasteiger partial charge in [0.15, 0.2) is 0 Å². The van der Waals surface area contributed by atoms with Crippen LogP contribution in [0.15, 0.2) is 48.5 Å². The fourth-order valence-electron chi connectivity index (χ4n) is 1.80. The summed E-state index contributed by atoms with van der Waals surface area (Å²) in [6.45, 7) is 1.63. The third kappa shape index (κ3) is 2.56. The molecule has 0 aliphatic rings. The van der Waals surface area contributed by atoms with Crippen molar-refractivity contribution in [3.8, 4) is 11.1 Å². The van der Waals surface area contributed by atoms with E-state index < -0.39 is 11.9 Å². The van der Waals surface area contributed by atoms with Gasteiger partial charge >= 0.3 is 5.97 Å². The number of hydrogen-bond acceptors (Lipinski definition) is 1. The lowest BCUT2D eigenvalue weighted by atomic mass is 9.96. The van der Waals surface area contributed by atoms with Gasteiger partial charge in [0.2, 0.25) is 0 Å². The molecule has 1 atom stereocenters. The quantitative estimate of drug-likeness (QED) is 0.894. The van der Waals surface area contributed by atoms with Crippen molar-refractivity contribution in [1.82, 2.24) is 0 Å². The Morgan fingerprint density at radius 1 is 1.11 bits per heavy atom. The zero-order valence-electron chi connectivity index (χ0n) is 9.93. The molecule has 2 aromatic carbocycles. The molecule has 0 saturated carbocycles. The Kier molecular flexibility index (Phi) is 3.42. The number of carboxylic acid groups (broad SMARTS) is 1. The number of carbonyl (C=O) groups is 1. The Hall–Kier alpha value is -2.16. The van der Waals surface area contributed by atoms with Crippen LogP contribution < -0.4 is 0 Å². The zero-order chi connectivity index (χ0) is 13.1. The maximum Gasteiger partial charge on any atom is 0.310 e. The highest BCUT2D eigenvalue weighted by atomic mass is 19.1. The van der Waals surface area contributed by atoms with Gasteiger partial charge in [-0.05, 0) is 35.7 Å². The first-order valence-corrected chi connectivity index (χ1v) is 5.66. The summed E-state index contributed by atoms with van der Waals surface area (Å²) in [5.41, 5.74) is 2.28. The lowest BCUT2D eigenvalue weighted by molar-refractivity contribution is -0.138. The second-order valence-corrected chi connectivity index (χ2v) is 4.20. The summed E-state index contributed by atoms with van der Waals surface area (Å²) in [4.78, 5) is 10.9. The summed E-state index contributed by atoms with van der Waals surface area (Å²) in [6.07, 6.45) is 0. The third-order valence-corrected chi connectivity index (χ3v) is 2.92. The Balaban J connectivity index is 2.41. The SMILES string of the molecule is CC(C(=O)O)c1cccc(-c2cccc(F)c2)c1. The first kappa shape index (κ1) is 12.3. The molecule has 18 heavy (non-hydrogen) atoms. The van der Waals surface area contributed by atoms with Crippen LogP contribution in [0, 0.1) is 5.82 Å². The summed E-state index contributed by atoms with van der Waals surface area (Å²) in [5.74, 6) is -1.74. The molecule has 0 spiro atoms. The predicted octanol–water partition coefficient (Wildman–Crippen LogP) is 3.68. The molecular formula is C15H13FO2. The normalized spacial score (nSPS) is 12.1. The summed E-state index contributed by atoms with van der Waals surface area (Å²) in [6, 6.07) is 13.4. The van der Waals surface area contributed by atoms with E-state index in [9.17, 15) is 9.18 Å². The molecule has 0 heterocycles. The molecule has 0 aromatic heterocycles. The van der Waals surface area contributed by atoms with Crippen LogP contribution >= 0.6 is 0 Å². The monoisotopic (exact) mass is 244 g/mol. The second-order valence-electron chi connectivity index (χ2n) is 4.20. The van der Waals surface area contributed by atoms with Crippen LogP contribution in [0.2, 0.25) is 0 Å². The largest absolute Gasteiger partial charge is 0.481 e. The number of halogens is 1. The van der Waals surface area contributed by atoms with Crippen molar-refractivity contribution in [2.24, 2.45) is 0 Å². The molecule has 0 amide bonds. The lowest BCUT2D eigenvalue weighted by Crippen LogP contribution is -2.07. The fourth-order valence-corrected chi connectivity index (χ4v) is 1.80. The Labute approximate surface area is 105 Å². The minimum Gasteiger partial charge on any atom is -0.481 e. The average Bonchev–Trinajstić information content (AvgIpc) is 2.38. The highest BCUT2D eigenvalue weighted by Crippen LogP contribution is 2.24.